The van der Waals surface area contributed by atoms with Crippen molar-refractivity contribution < 1.29 is 19.4 Å². The van der Waals surface area contributed by atoms with Crippen molar-refractivity contribution in [3.8, 4) is 16.9 Å². The van der Waals surface area contributed by atoms with Crippen LogP contribution in [0.1, 0.15) is 74.0 Å². The predicted octanol–water partition coefficient (Wildman–Crippen LogP) is 7.50. The zero-order chi connectivity index (χ0) is 26.2. The molecule has 2 N–H and O–H groups in total. The van der Waals surface area contributed by atoms with Crippen molar-refractivity contribution >= 4 is 23.5 Å². The largest absolute Gasteiger partial charge is 0.486 e. The fourth-order valence-corrected chi connectivity index (χ4v) is 4.21. The van der Waals surface area contributed by atoms with E-state index in [1.54, 1.807) is 12.1 Å². The van der Waals surface area contributed by atoms with Crippen molar-refractivity contribution in [2.24, 2.45) is 5.92 Å². The average molecular weight is 508 g/mol. The van der Waals surface area contributed by atoms with E-state index in [1.807, 2.05) is 30.3 Å². The average Bonchev–Trinajstić information content (AvgIpc) is 2.83. The number of nitrogens with one attached hydrogen (secondary N) is 1. The lowest BCUT2D eigenvalue weighted by Gasteiger charge is -2.22. The molecule has 190 valence electrons. The number of carboxylic acid groups (broad SMARTS) is 1. The van der Waals surface area contributed by atoms with Crippen LogP contribution in [0, 0.1) is 5.92 Å². The molecule has 0 saturated heterocycles. The number of amides is 1. The molecular formula is C30H34ClNO4. The van der Waals surface area contributed by atoms with Gasteiger partial charge < -0.3 is 15.2 Å². The normalized spacial score (nSPS) is 12.0. The number of aliphatic carboxylic acids is 1. The second kappa shape index (κ2) is 12.6. The fourth-order valence-electron chi connectivity index (χ4n) is 3.93. The molecule has 5 nitrogen and oxygen atoms in total. The van der Waals surface area contributed by atoms with Crippen molar-refractivity contribution in [3.05, 3.63) is 88.4 Å². The van der Waals surface area contributed by atoms with Crippen LogP contribution in [0.25, 0.3) is 11.1 Å². The molecule has 3 aromatic rings. The molecule has 1 amide bonds. The van der Waals surface area contributed by atoms with Gasteiger partial charge in [-0.1, -0.05) is 75.7 Å². The molecule has 3 rings (SSSR count). The predicted molar refractivity (Wildman–Crippen MR) is 145 cm³/mol. The summed E-state index contributed by atoms with van der Waals surface area (Å²) >= 11 is 6.66. The molecule has 3 aromatic carbocycles. The van der Waals surface area contributed by atoms with Crippen LogP contribution in [0.15, 0.2) is 66.7 Å². The lowest BCUT2D eigenvalue weighted by atomic mass is 9.98. The third kappa shape index (κ3) is 7.59. The Hall–Kier alpha value is -3.31. The lowest BCUT2D eigenvalue weighted by Crippen LogP contribution is -2.26. The van der Waals surface area contributed by atoms with Crippen LogP contribution in [0.3, 0.4) is 0 Å². The Morgan fingerprint density at radius 3 is 2.11 bits per heavy atom. The summed E-state index contributed by atoms with van der Waals surface area (Å²) in [5.74, 6) is 0.305. The SMILES string of the molecule is CC(C)CC(Oc1ccc(-c2ccc(C(C)C)cc2)c(Cl)c1)c1ccc(C(=O)NCCC(=O)O)cc1. The molecule has 0 saturated carbocycles. The fraction of sp³-hybridized carbons (Fsp3) is 0.333. The topological polar surface area (TPSA) is 75.6 Å². The van der Waals surface area contributed by atoms with Crippen LogP contribution in [-0.4, -0.2) is 23.5 Å². The number of hydrogen-bond acceptors (Lipinski definition) is 3. The van der Waals surface area contributed by atoms with Gasteiger partial charge in [0.1, 0.15) is 11.9 Å². The molecule has 6 heteroatoms. The first-order chi connectivity index (χ1) is 17.1. The maximum absolute atomic E-state index is 12.3. The lowest BCUT2D eigenvalue weighted by molar-refractivity contribution is -0.136. The van der Waals surface area contributed by atoms with E-state index < -0.39 is 5.97 Å². The van der Waals surface area contributed by atoms with Gasteiger partial charge in [-0.05, 0) is 65.3 Å². The number of ether oxygens (including phenoxy) is 1. The van der Waals surface area contributed by atoms with Gasteiger partial charge in [-0.25, -0.2) is 0 Å². The second-order valence-corrected chi connectivity index (χ2v) is 10.1. The number of carboxylic acids is 1. The van der Waals surface area contributed by atoms with Crippen molar-refractivity contribution in [2.75, 3.05) is 6.54 Å². The van der Waals surface area contributed by atoms with E-state index in [9.17, 15) is 9.59 Å². The number of carbonyl (C=O) groups is 2. The Balaban J connectivity index is 1.74. The summed E-state index contributed by atoms with van der Waals surface area (Å²) in [6.07, 6.45) is 0.472. The molecular weight excluding hydrogens is 474 g/mol. The second-order valence-electron chi connectivity index (χ2n) is 9.68. The molecule has 0 aromatic heterocycles. The Bertz CT molecular complexity index is 1170. The van der Waals surface area contributed by atoms with E-state index in [0.29, 0.717) is 28.2 Å². The molecule has 36 heavy (non-hydrogen) atoms. The summed E-state index contributed by atoms with van der Waals surface area (Å²) in [6.45, 7) is 8.71. The summed E-state index contributed by atoms with van der Waals surface area (Å²) in [5.41, 5.74) is 4.73. The van der Waals surface area contributed by atoms with Crippen LogP contribution in [-0.2, 0) is 4.79 Å². The van der Waals surface area contributed by atoms with Crippen molar-refractivity contribution in [1.29, 1.82) is 0 Å². The van der Waals surface area contributed by atoms with Gasteiger partial charge in [0.15, 0.2) is 0 Å². The Morgan fingerprint density at radius 1 is 0.917 bits per heavy atom. The quantitative estimate of drug-likeness (QED) is 0.281. The first kappa shape index (κ1) is 27.3. The molecule has 1 atom stereocenters. The Kier molecular flexibility index (Phi) is 9.54. The minimum Gasteiger partial charge on any atom is -0.486 e. The minimum absolute atomic E-state index is 0.0909. The van der Waals surface area contributed by atoms with E-state index in [4.69, 9.17) is 21.4 Å². The summed E-state index contributed by atoms with van der Waals surface area (Å²) in [5, 5.41) is 12.0. The highest BCUT2D eigenvalue weighted by atomic mass is 35.5. The van der Waals surface area contributed by atoms with Crippen LogP contribution in [0.5, 0.6) is 5.75 Å². The van der Waals surface area contributed by atoms with E-state index in [-0.39, 0.29) is 25.0 Å². The number of rotatable bonds is 11. The Morgan fingerprint density at radius 2 is 1.56 bits per heavy atom. The number of hydrogen-bond donors (Lipinski definition) is 2. The van der Waals surface area contributed by atoms with Gasteiger partial charge in [-0.3, -0.25) is 9.59 Å². The van der Waals surface area contributed by atoms with E-state index >= 15 is 0 Å². The van der Waals surface area contributed by atoms with Gasteiger partial charge in [-0.2, -0.15) is 0 Å². The third-order valence-electron chi connectivity index (χ3n) is 5.96. The summed E-state index contributed by atoms with van der Waals surface area (Å²) in [4.78, 5) is 22.9. The first-order valence-corrected chi connectivity index (χ1v) is 12.7. The van der Waals surface area contributed by atoms with Gasteiger partial charge >= 0.3 is 5.97 Å². The molecule has 0 aliphatic carbocycles. The zero-order valence-corrected chi connectivity index (χ0v) is 22.0. The molecule has 0 bridgehead atoms. The molecule has 0 aliphatic rings. The highest BCUT2D eigenvalue weighted by molar-refractivity contribution is 6.33. The van der Waals surface area contributed by atoms with Crippen LogP contribution >= 0.6 is 11.6 Å². The third-order valence-corrected chi connectivity index (χ3v) is 6.27. The van der Waals surface area contributed by atoms with E-state index in [0.717, 1.165) is 23.1 Å². The maximum atomic E-state index is 12.3. The highest BCUT2D eigenvalue weighted by Gasteiger charge is 2.17. The van der Waals surface area contributed by atoms with Gasteiger partial charge in [0, 0.05) is 17.7 Å². The van der Waals surface area contributed by atoms with Gasteiger partial charge in [0.2, 0.25) is 0 Å². The highest BCUT2D eigenvalue weighted by Crippen LogP contribution is 2.35. The van der Waals surface area contributed by atoms with Gasteiger partial charge in [0.25, 0.3) is 5.91 Å². The summed E-state index contributed by atoms with van der Waals surface area (Å²) < 4.78 is 6.37. The van der Waals surface area contributed by atoms with Crippen LogP contribution in [0.2, 0.25) is 5.02 Å². The molecule has 0 heterocycles. The minimum atomic E-state index is -0.948. The summed E-state index contributed by atoms with van der Waals surface area (Å²) in [6, 6.07) is 21.5. The number of halogens is 1. The standard InChI is InChI=1S/C30H34ClNO4/c1-19(2)17-28(23-9-11-24(12-10-23)30(35)32-16-15-29(33)34)36-25-13-14-26(27(31)18-25)22-7-5-21(6-8-22)20(3)4/h5-14,18-20,28H,15-17H2,1-4H3,(H,32,35)(H,33,34). The number of benzene rings is 3. The van der Waals surface area contributed by atoms with Gasteiger partial charge in [0.05, 0.1) is 11.4 Å². The van der Waals surface area contributed by atoms with E-state index in [2.05, 4.69) is 57.3 Å². The van der Waals surface area contributed by atoms with Crippen molar-refractivity contribution in [2.45, 2.75) is 52.6 Å². The first-order valence-electron chi connectivity index (χ1n) is 12.3. The van der Waals surface area contributed by atoms with Crippen molar-refractivity contribution in [1.82, 2.24) is 5.32 Å². The molecule has 0 spiro atoms. The smallest absolute Gasteiger partial charge is 0.305 e. The monoisotopic (exact) mass is 507 g/mol. The van der Waals surface area contributed by atoms with E-state index in [1.165, 1.54) is 5.56 Å². The molecule has 0 fully saturated rings. The van der Waals surface area contributed by atoms with Crippen molar-refractivity contribution in [3.63, 3.8) is 0 Å². The van der Waals surface area contributed by atoms with Gasteiger partial charge in [-0.15, -0.1) is 0 Å². The Labute approximate surface area is 218 Å². The molecule has 0 radical (unpaired) electrons. The number of carbonyl (C=O) groups excluding carboxylic acids is 1. The summed E-state index contributed by atoms with van der Waals surface area (Å²) in [7, 11) is 0. The van der Waals surface area contributed by atoms with Crippen LogP contribution in [0.4, 0.5) is 0 Å². The van der Waals surface area contributed by atoms with Crippen LogP contribution < -0.4 is 10.1 Å². The zero-order valence-electron chi connectivity index (χ0n) is 21.3. The molecule has 0 aliphatic heterocycles. The molecule has 1 unspecified atom stereocenters. The maximum Gasteiger partial charge on any atom is 0.305 e.